The number of hydrogen-bond donors (Lipinski definition) is 2. The zero-order valence-corrected chi connectivity index (χ0v) is 16.5. The molecule has 2 fully saturated rings. The van der Waals surface area contributed by atoms with Crippen LogP contribution >= 0.6 is 0 Å². The molecule has 1 aliphatic heterocycles. The Bertz CT molecular complexity index is 936. The highest BCUT2D eigenvalue weighted by Gasteiger charge is 2.34. The maximum Gasteiger partial charge on any atom is 0.271 e. The first-order valence-electron chi connectivity index (χ1n) is 10.2. The summed E-state index contributed by atoms with van der Waals surface area (Å²) in [6, 6.07) is 5.97. The van der Waals surface area contributed by atoms with E-state index in [-0.39, 0.29) is 17.5 Å². The molecule has 1 unspecified atom stereocenters. The number of hydrogen-bond acceptors (Lipinski definition) is 5. The van der Waals surface area contributed by atoms with Gasteiger partial charge in [-0.05, 0) is 48.9 Å². The fourth-order valence-electron chi connectivity index (χ4n) is 3.89. The van der Waals surface area contributed by atoms with E-state index >= 15 is 0 Å². The van der Waals surface area contributed by atoms with Gasteiger partial charge in [0.15, 0.2) is 0 Å². The molecule has 1 amide bonds. The maximum atomic E-state index is 12.7. The third-order valence-corrected chi connectivity index (χ3v) is 5.67. The SMILES string of the molecule is NC/C=C/C(=O)N1CCC(N(CC2CC2)c2cc(-c3ccncc3)c[nH]c2=O)C1. The molecule has 3 N–H and O–H groups in total. The van der Waals surface area contributed by atoms with E-state index in [9.17, 15) is 9.59 Å². The molecule has 0 aromatic carbocycles. The Balaban J connectivity index is 1.60. The molecule has 4 rings (SSSR count). The number of aromatic nitrogens is 2. The molecule has 0 radical (unpaired) electrons. The second-order valence-electron chi connectivity index (χ2n) is 7.80. The molecule has 1 saturated heterocycles. The molecule has 29 heavy (non-hydrogen) atoms. The van der Waals surface area contributed by atoms with Crippen molar-refractivity contribution >= 4 is 11.6 Å². The number of anilines is 1. The van der Waals surface area contributed by atoms with Crippen LogP contribution in [0.15, 0.2) is 53.7 Å². The van der Waals surface area contributed by atoms with Crippen LogP contribution in [0.5, 0.6) is 0 Å². The van der Waals surface area contributed by atoms with Crippen LogP contribution in [0.4, 0.5) is 5.69 Å². The monoisotopic (exact) mass is 393 g/mol. The van der Waals surface area contributed by atoms with E-state index in [1.165, 1.54) is 12.8 Å². The van der Waals surface area contributed by atoms with Gasteiger partial charge in [-0.25, -0.2) is 0 Å². The lowest BCUT2D eigenvalue weighted by molar-refractivity contribution is -0.125. The number of carbonyl (C=O) groups is 1. The Morgan fingerprint density at radius 3 is 2.79 bits per heavy atom. The molecule has 0 bridgehead atoms. The summed E-state index contributed by atoms with van der Waals surface area (Å²) in [7, 11) is 0. The van der Waals surface area contributed by atoms with E-state index in [1.807, 2.05) is 23.1 Å². The molecule has 2 aromatic heterocycles. The summed E-state index contributed by atoms with van der Waals surface area (Å²) in [6.07, 6.45) is 11.7. The molecular weight excluding hydrogens is 366 g/mol. The van der Waals surface area contributed by atoms with Crippen molar-refractivity contribution in [2.75, 3.05) is 31.1 Å². The molecule has 1 aliphatic carbocycles. The van der Waals surface area contributed by atoms with Gasteiger partial charge in [0.25, 0.3) is 5.56 Å². The van der Waals surface area contributed by atoms with Crippen LogP contribution in [0, 0.1) is 5.92 Å². The predicted molar refractivity (Wildman–Crippen MR) is 114 cm³/mol. The van der Waals surface area contributed by atoms with Crippen LogP contribution < -0.4 is 16.2 Å². The summed E-state index contributed by atoms with van der Waals surface area (Å²) < 4.78 is 0. The lowest BCUT2D eigenvalue weighted by atomic mass is 10.1. The minimum absolute atomic E-state index is 0.0104. The minimum atomic E-state index is -0.0868. The summed E-state index contributed by atoms with van der Waals surface area (Å²) in [5, 5.41) is 0. The van der Waals surface area contributed by atoms with Crippen LogP contribution in [-0.4, -0.2) is 53.0 Å². The van der Waals surface area contributed by atoms with E-state index in [0.29, 0.717) is 31.2 Å². The average Bonchev–Trinajstić information content (AvgIpc) is 3.44. The Kier molecular flexibility index (Phi) is 5.76. The fraction of sp³-hybridized carbons (Fsp3) is 0.409. The van der Waals surface area contributed by atoms with Gasteiger partial charge in [-0.2, -0.15) is 0 Å². The van der Waals surface area contributed by atoms with Gasteiger partial charge in [0.1, 0.15) is 5.69 Å². The lowest BCUT2D eigenvalue weighted by Gasteiger charge is -2.31. The Labute approximate surface area is 170 Å². The molecule has 2 aromatic rings. The van der Waals surface area contributed by atoms with Crippen LogP contribution in [0.25, 0.3) is 11.1 Å². The number of rotatable bonds is 7. The number of aromatic amines is 1. The molecule has 152 valence electrons. The number of nitrogens with two attached hydrogens (primary N) is 1. The third-order valence-electron chi connectivity index (χ3n) is 5.67. The average molecular weight is 393 g/mol. The standard InChI is InChI=1S/C22H27N5O2/c23-8-1-2-21(28)26-11-7-19(15-26)27(14-16-3-4-16)20-12-18(13-25-22(20)29)17-5-9-24-10-6-17/h1-2,5-6,9-10,12-13,16,19H,3-4,7-8,11,14-15,23H2,(H,25,29)/b2-1+. The first-order chi connectivity index (χ1) is 14.2. The summed E-state index contributed by atoms with van der Waals surface area (Å²) in [4.78, 5) is 36.1. The first kappa shape index (κ1) is 19.4. The largest absolute Gasteiger partial charge is 0.362 e. The number of nitrogens with zero attached hydrogens (tertiary/aromatic N) is 3. The molecule has 0 spiro atoms. The van der Waals surface area contributed by atoms with Crippen molar-refractivity contribution in [3.8, 4) is 11.1 Å². The van der Waals surface area contributed by atoms with Crippen molar-refractivity contribution < 1.29 is 4.79 Å². The second kappa shape index (κ2) is 8.61. The highest BCUT2D eigenvalue weighted by Crippen LogP contribution is 2.33. The quantitative estimate of drug-likeness (QED) is 0.699. The van der Waals surface area contributed by atoms with Crippen LogP contribution in [-0.2, 0) is 4.79 Å². The highest BCUT2D eigenvalue weighted by molar-refractivity contribution is 5.88. The molecule has 2 aliphatic rings. The number of nitrogens with one attached hydrogen (secondary N) is 1. The van der Waals surface area contributed by atoms with E-state index in [4.69, 9.17) is 5.73 Å². The molecule has 1 saturated carbocycles. The Morgan fingerprint density at radius 1 is 1.28 bits per heavy atom. The Hall–Kier alpha value is -2.93. The predicted octanol–water partition coefficient (Wildman–Crippen LogP) is 1.77. The van der Waals surface area contributed by atoms with E-state index in [1.54, 1.807) is 30.7 Å². The fourth-order valence-corrected chi connectivity index (χ4v) is 3.89. The zero-order valence-electron chi connectivity index (χ0n) is 16.5. The van der Waals surface area contributed by atoms with Gasteiger partial charge in [0.05, 0.1) is 0 Å². The summed E-state index contributed by atoms with van der Waals surface area (Å²) in [5.41, 5.74) is 8.03. The van der Waals surface area contributed by atoms with Gasteiger partial charge < -0.3 is 20.5 Å². The normalized spacial score (nSPS) is 19.1. The van der Waals surface area contributed by atoms with Gasteiger partial charge in [0, 0.05) is 62.5 Å². The number of likely N-dealkylation sites (tertiary alicyclic amines) is 1. The van der Waals surface area contributed by atoms with Gasteiger partial charge in [-0.15, -0.1) is 0 Å². The zero-order chi connectivity index (χ0) is 20.2. The molecular formula is C22H27N5O2. The first-order valence-corrected chi connectivity index (χ1v) is 10.2. The van der Waals surface area contributed by atoms with Gasteiger partial charge >= 0.3 is 0 Å². The van der Waals surface area contributed by atoms with Gasteiger partial charge in [-0.3, -0.25) is 14.6 Å². The second-order valence-corrected chi connectivity index (χ2v) is 7.80. The molecule has 7 nitrogen and oxygen atoms in total. The third kappa shape index (κ3) is 4.56. The number of H-pyrrole nitrogens is 1. The topological polar surface area (TPSA) is 95.3 Å². The molecule has 3 heterocycles. The molecule has 1 atom stereocenters. The van der Waals surface area contributed by atoms with E-state index in [0.717, 1.165) is 24.1 Å². The highest BCUT2D eigenvalue weighted by atomic mass is 16.2. The Morgan fingerprint density at radius 2 is 2.07 bits per heavy atom. The smallest absolute Gasteiger partial charge is 0.271 e. The van der Waals surface area contributed by atoms with Crippen LogP contribution in [0.2, 0.25) is 0 Å². The van der Waals surface area contributed by atoms with Crippen molar-refractivity contribution in [1.82, 2.24) is 14.9 Å². The van der Waals surface area contributed by atoms with Crippen molar-refractivity contribution in [1.29, 1.82) is 0 Å². The van der Waals surface area contributed by atoms with Gasteiger partial charge in [0.2, 0.25) is 5.91 Å². The van der Waals surface area contributed by atoms with E-state index < -0.39 is 0 Å². The van der Waals surface area contributed by atoms with Crippen molar-refractivity contribution in [3.05, 3.63) is 59.3 Å². The van der Waals surface area contributed by atoms with Crippen molar-refractivity contribution in [3.63, 3.8) is 0 Å². The van der Waals surface area contributed by atoms with Crippen LogP contribution in [0.1, 0.15) is 19.3 Å². The van der Waals surface area contributed by atoms with Gasteiger partial charge in [-0.1, -0.05) is 6.08 Å². The molecule has 7 heteroatoms. The maximum absolute atomic E-state index is 12.7. The summed E-state index contributed by atoms with van der Waals surface area (Å²) in [5.74, 6) is 0.615. The number of carbonyl (C=O) groups excluding carboxylic acids is 1. The van der Waals surface area contributed by atoms with Crippen molar-refractivity contribution in [2.24, 2.45) is 11.7 Å². The number of pyridine rings is 2. The lowest BCUT2D eigenvalue weighted by Crippen LogP contribution is -2.42. The van der Waals surface area contributed by atoms with Crippen LogP contribution in [0.3, 0.4) is 0 Å². The number of amides is 1. The van der Waals surface area contributed by atoms with E-state index in [2.05, 4.69) is 14.9 Å². The summed E-state index contributed by atoms with van der Waals surface area (Å²) in [6.45, 7) is 2.53. The minimum Gasteiger partial charge on any atom is -0.362 e. The summed E-state index contributed by atoms with van der Waals surface area (Å²) >= 11 is 0. The van der Waals surface area contributed by atoms with Crippen molar-refractivity contribution in [2.45, 2.75) is 25.3 Å².